The van der Waals surface area contributed by atoms with Crippen LogP contribution in [0, 0.1) is 11.6 Å². The van der Waals surface area contributed by atoms with E-state index in [2.05, 4.69) is 0 Å². The van der Waals surface area contributed by atoms with Gasteiger partial charge in [0.1, 0.15) is 16.5 Å². The molecule has 5 nitrogen and oxygen atoms in total. The highest BCUT2D eigenvalue weighted by Crippen LogP contribution is 2.37. The highest BCUT2D eigenvalue weighted by atomic mass is 35.5. The van der Waals surface area contributed by atoms with Gasteiger partial charge in [-0.05, 0) is 73.6 Å². The van der Waals surface area contributed by atoms with E-state index in [-0.39, 0.29) is 41.2 Å². The third-order valence-electron chi connectivity index (χ3n) is 5.26. The average Bonchev–Trinajstić information content (AvgIpc) is 2.69. The standard InChI is InChI=1S/C19H17ClF5NO4S2/c20-12-3-7-14(8-4-12)31(27,28)18-10-16(21)15(9-17(18)22)11-1-5-13(6-2-11)26-32(29,30)19(23,24)25/h3-4,7-11,13,26H,1-2,5-6H2. The largest absolute Gasteiger partial charge is 0.511 e. The molecule has 1 saturated carbocycles. The van der Waals surface area contributed by atoms with Crippen LogP contribution in [0.4, 0.5) is 22.0 Å². The molecule has 1 N–H and O–H groups in total. The Hall–Kier alpha value is -1.76. The van der Waals surface area contributed by atoms with E-state index in [1.165, 1.54) is 12.1 Å². The van der Waals surface area contributed by atoms with Crippen LogP contribution >= 0.6 is 11.6 Å². The first-order valence-corrected chi connectivity index (χ1v) is 12.6. The van der Waals surface area contributed by atoms with E-state index in [0.29, 0.717) is 6.07 Å². The first kappa shape index (κ1) is 24.9. The Labute approximate surface area is 186 Å². The quantitative estimate of drug-likeness (QED) is 0.571. The molecule has 0 amide bonds. The van der Waals surface area contributed by atoms with Crippen LogP contribution in [0.25, 0.3) is 0 Å². The Kier molecular flexibility index (Phi) is 6.90. The highest BCUT2D eigenvalue weighted by Gasteiger charge is 2.47. The van der Waals surface area contributed by atoms with Crippen molar-refractivity contribution in [3.8, 4) is 0 Å². The molecule has 2 aromatic rings. The lowest BCUT2D eigenvalue weighted by Gasteiger charge is -2.29. The maximum absolute atomic E-state index is 14.7. The van der Waals surface area contributed by atoms with Crippen LogP contribution in [0.5, 0.6) is 0 Å². The molecular weight excluding hydrogens is 501 g/mol. The first-order chi connectivity index (χ1) is 14.7. The number of alkyl halides is 3. The van der Waals surface area contributed by atoms with Gasteiger partial charge in [0.15, 0.2) is 0 Å². The van der Waals surface area contributed by atoms with Gasteiger partial charge in [0, 0.05) is 11.1 Å². The molecule has 0 spiro atoms. The van der Waals surface area contributed by atoms with E-state index in [1.54, 1.807) is 4.72 Å². The highest BCUT2D eigenvalue weighted by molar-refractivity contribution is 7.91. The SMILES string of the molecule is O=S(=O)(c1ccc(Cl)cc1)c1cc(F)c(C2CCC(NS(=O)(=O)C(F)(F)F)CC2)cc1F. The zero-order valence-corrected chi connectivity index (χ0v) is 18.6. The van der Waals surface area contributed by atoms with Crippen molar-refractivity contribution in [3.05, 3.63) is 58.6 Å². The number of sulfonamides is 1. The molecule has 0 saturated heterocycles. The third-order valence-corrected chi connectivity index (χ3v) is 8.55. The number of rotatable bonds is 5. The monoisotopic (exact) mass is 517 g/mol. The van der Waals surface area contributed by atoms with Gasteiger partial charge in [-0.3, -0.25) is 0 Å². The molecule has 32 heavy (non-hydrogen) atoms. The summed E-state index contributed by atoms with van der Waals surface area (Å²) in [7, 11) is -9.86. The number of halogens is 6. The topological polar surface area (TPSA) is 80.3 Å². The Morgan fingerprint density at radius 1 is 0.875 bits per heavy atom. The van der Waals surface area contributed by atoms with Crippen LogP contribution < -0.4 is 4.72 Å². The molecule has 176 valence electrons. The van der Waals surface area contributed by atoms with Gasteiger partial charge in [-0.15, -0.1) is 0 Å². The lowest BCUT2D eigenvalue weighted by Crippen LogP contribution is -2.44. The van der Waals surface area contributed by atoms with E-state index in [1.807, 2.05) is 0 Å². The van der Waals surface area contributed by atoms with Crippen molar-refractivity contribution in [1.29, 1.82) is 0 Å². The van der Waals surface area contributed by atoms with Crippen LogP contribution in [0.15, 0.2) is 46.2 Å². The molecule has 0 aromatic heterocycles. The Morgan fingerprint density at radius 2 is 1.44 bits per heavy atom. The molecule has 0 heterocycles. The zero-order chi connectivity index (χ0) is 23.9. The molecule has 0 unspecified atom stereocenters. The van der Waals surface area contributed by atoms with Crippen LogP contribution in [-0.2, 0) is 19.9 Å². The molecular formula is C19H17ClF5NO4S2. The summed E-state index contributed by atoms with van der Waals surface area (Å²) < 4.78 is 116. The Balaban J connectivity index is 1.79. The van der Waals surface area contributed by atoms with Gasteiger partial charge in [-0.2, -0.15) is 13.2 Å². The average molecular weight is 518 g/mol. The Morgan fingerprint density at radius 3 is 1.97 bits per heavy atom. The fourth-order valence-electron chi connectivity index (χ4n) is 3.61. The van der Waals surface area contributed by atoms with Crippen molar-refractivity contribution in [2.45, 2.75) is 52.9 Å². The minimum Gasteiger partial charge on any atom is -0.218 e. The maximum atomic E-state index is 14.7. The second kappa shape index (κ2) is 8.88. The molecule has 13 heteroatoms. The summed E-state index contributed by atoms with van der Waals surface area (Å²) in [5, 5.41) is 0.263. The summed E-state index contributed by atoms with van der Waals surface area (Å²) in [6, 6.07) is 5.26. The molecule has 1 aliphatic rings. The van der Waals surface area contributed by atoms with Crippen molar-refractivity contribution in [2.75, 3.05) is 0 Å². The fraction of sp³-hybridized carbons (Fsp3) is 0.368. The first-order valence-electron chi connectivity index (χ1n) is 9.30. The van der Waals surface area contributed by atoms with Gasteiger partial charge in [-0.1, -0.05) is 11.6 Å². The molecule has 3 rings (SSSR count). The molecule has 2 aromatic carbocycles. The number of hydrogen-bond donors (Lipinski definition) is 1. The normalized spacial score (nSPS) is 20.3. The van der Waals surface area contributed by atoms with Gasteiger partial charge in [0.25, 0.3) is 0 Å². The minimum atomic E-state index is -5.50. The van der Waals surface area contributed by atoms with E-state index < -0.39 is 53.9 Å². The second-order valence-electron chi connectivity index (χ2n) is 7.38. The van der Waals surface area contributed by atoms with Gasteiger partial charge >= 0.3 is 15.5 Å². The zero-order valence-electron chi connectivity index (χ0n) is 16.2. The van der Waals surface area contributed by atoms with E-state index in [4.69, 9.17) is 11.6 Å². The molecule has 1 fully saturated rings. The van der Waals surface area contributed by atoms with Gasteiger partial charge < -0.3 is 0 Å². The van der Waals surface area contributed by atoms with Crippen molar-refractivity contribution in [2.24, 2.45) is 0 Å². The van der Waals surface area contributed by atoms with Gasteiger partial charge in [0.2, 0.25) is 9.84 Å². The maximum Gasteiger partial charge on any atom is 0.511 e. The van der Waals surface area contributed by atoms with Crippen molar-refractivity contribution < 1.29 is 38.8 Å². The molecule has 0 aliphatic heterocycles. The predicted octanol–water partition coefficient (Wildman–Crippen LogP) is 4.92. The minimum absolute atomic E-state index is 0.0220. The number of benzene rings is 2. The number of nitrogens with one attached hydrogen (secondary N) is 1. The summed E-state index contributed by atoms with van der Waals surface area (Å²) in [4.78, 5) is -1.13. The third kappa shape index (κ3) is 5.08. The van der Waals surface area contributed by atoms with Crippen LogP contribution in [0.2, 0.25) is 5.02 Å². The van der Waals surface area contributed by atoms with Crippen LogP contribution in [0.1, 0.15) is 37.2 Å². The summed E-state index contributed by atoms with van der Waals surface area (Å²) in [6.45, 7) is 0. The van der Waals surface area contributed by atoms with E-state index >= 15 is 0 Å². The summed E-state index contributed by atoms with van der Waals surface area (Å²) in [5.74, 6) is -2.75. The summed E-state index contributed by atoms with van der Waals surface area (Å²) in [5.41, 5.74) is -5.56. The lowest BCUT2D eigenvalue weighted by molar-refractivity contribution is -0.0452. The molecule has 0 bridgehead atoms. The van der Waals surface area contributed by atoms with Crippen molar-refractivity contribution in [3.63, 3.8) is 0 Å². The van der Waals surface area contributed by atoms with E-state index in [0.717, 1.165) is 18.2 Å². The van der Waals surface area contributed by atoms with E-state index in [9.17, 15) is 38.8 Å². The summed E-state index contributed by atoms with van der Waals surface area (Å²) in [6.07, 6.45) is 0.132. The fourth-order valence-corrected chi connectivity index (χ4v) is 5.87. The van der Waals surface area contributed by atoms with Crippen LogP contribution in [-0.4, -0.2) is 28.4 Å². The van der Waals surface area contributed by atoms with Gasteiger partial charge in [-0.25, -0.2) is 30.3 Å². The predicted molar refractivity (Wildman–Crippen MR) is 106 cm³/mol. The molecule has 0 radical (unpaired) electrons. The number of sulfone groups is 1. The molecule has 0 atom stereocenters. The smallest absolute Gasteiger partial charge is 0.218 e. The van der Waals surface area contributed by atoms with Crippen LogP contribution in [0.3, 0.4) is 0 Å². The second-order valence-corrected chi connectivity index (χ2v) is 11.4. The van der Waals surface area contributed by atoms with Crippen molar-refractivity contribution in [1.82, 2.24) is 4.72 Å². The Bertz CT molecular complexity index is 1210. The summed E-state index contributed by atoms with van der Waals surface area (Å²) >= 11 is 5.72. The number of hydrogen-bond acceptors (Lipinski definition) is 4. The molecule has 1 aliphatic carbocycles. The lowest BCUT2D eigenvalue weighted by atomic mass is 9.82. The van der Waals surface area contributed by atoms with Crippen molar-refractivity contribution >= 4 is 31.5 Å². The van der Waals surface area contributed by atoms with Gasteiger partial charge in [0.05, 0.1) is 4.90 Å².